The molecule has 0 unspecified atom stereocenters. The molecule has 0 aliphatic carbocycles. The first-order valence-electron chi connectivity index (χ1n) is 9.24. The van der Waals surface area contributed by atoms with E-state index in [0.717, 1.165) is 16.4 Å². The van der Waals surface area contributed by atoms with Crippen LogP contribution in [-0.4, -0.2) is 24.1 Å². The van der Waals surface area contributed by atoms with Crippen molar-refractivity contribution >= 4 is 41.0 Å². The van der Waals surface area contributed by atoms with Crippen molar-refractivity contribution in [1.29, 1.82) is 0 Å². The van der Waals surface area contributed by atoms with E-state index in [1.54, 1.807) is 42.1 Å². The molecule has 0 fully saturated rings. The number of hydrogen-bond acceptors (Lipinski definition) is 4. The summed E-state index contributed by atoms with van der Waals surface area (Å²) in [6, 6.07) is 22.9. The molecule has 29 heavy (non-hydrogen) atoms. The first kappa shape index (κ1) is 20.9. The highest BCUT2D eigenvalue weighted by Crippen LogP contribution is 2.14. The summed E-state index contributed by atoms with van der Waals surface area (Å²) in [6.45, 7) is 0.527. The third kappa shape index (κ3) is 6.93. The van der Waals surface area contributed by atoms with Gasteiger partial charge in [0.25, 0.3) is 11.8 Å². The molecule has 6 heteroatoms. The molecule has 2 aromatic carbocycles. The summed E-state index contributed by atoms with van der Waals surface area (Å²) in [5.41, 5.74) is 2.02. The molecule has 0 saturated carbocycles. The molecule has 0 aliphatic heterocycles. The fourth-order valence-corrected chi connectivity index (χ4v) is 4.03. The van der Waals surface area contributed by atoms with Crippen LogP contribution in [0.2, 0.25) is 0 Å². The number of rotatable bonds is 9. The number of benzene rings is 2. The van der Waals surface area contributed by atoms with Crippen LogP contribution in [-0.2, 0) is 10.5 Å². The Hall–Kier alpha value is -2.83. The average molecular weight is 423 g/mol. The summed E-state index contributed by atoms with van der Waals surface area (Å²) in [7, 11) is 0. The first-order chi connectivity index (χ1) is 14.2. The van der Waals surface area contributed by atoms with E-state index in [4.69, 9.17) is 0 Å². The number of carbonyl (C=O) groups excluding carboxylic acids is 2. The molecule has 3 rings (SSSR count). The molecule has 3 aromatic rings. The van der Waals surface area contributed by atoms with Gasteiger partial charge in [-0.2, -0.15) is 11.8 Å². The topological polar surface area (TPSA) is 58.2 Å². The Morgan fingerprint density at radius 3 is 2.34 bits per heavy atom. The van der Waals surface area contributed by atoms with Crippen LogP contribution < -0.4 is 10.6 Å². The molecule has 0 bridgehead atoms. The number of hydrogen-bond donors (Lipinski definition) is 2. The fraction of sp³-hybridized carbons (Fsp3) is 0.130. The fourth-order valence-electron chi connectivity index (χ4n) is 2.55. The highest BCUT2D eigenvalue weighted by molar-refractivity contribution is 7.98. The maximum Gasteiger partial charge on any atom is 0.267 e. The van der Waals surface area contributed by atoms with Crippen LogP contribution in [0.4, 0.5) is 0 Å². The van der Waals surface area contributed by atoms with Gasteiger partial charge in [-0.05, 0) is 35.2 Å². The van der Waals surface area contributed by atoms with Gasteiger partial charge >= 0.3 is 0 Å². The van der Waals surface area contributed by atoms with E-state index < -0.39 is 0 Å². The van der Waals surface area contributed by atoms with Crippen LogP contribution in [0.1, 0.15) is 20.8 Å². The molecule has 0 saturated heterocycles. The van der Waals surface area contributed by atoms with Crippen LogP contribution in [0, 0.1) is 0 Å². The summed E-state index contributed by atoms with van der Waals surface area (Å²) in [5.74, 6) is 1.10. The van der Waals surface area contributed by atoms with E-state index in [-0.39, 0.29) is 17.5 Å². The average Bonchev–Trinajstić information content (AvgIpc) is 3.27. The van der Waals surface area contributed by atoms with Gasteiger partial charge in [-0.3, -0.25) is 9.59 Å². The first-order valence-corrected chi connectivity index (χ1v) is 11.3. The quantitative estimate of drug-likeness (QED) is 0.392. The number of thiophene rings is 1. The van der Waals surface area contributed by atoms with Gasteiger partial charge in [-0.25, -0.2) is 0 Å². The SMILES string of the molecule is O=C(NCCSCc1ccccc1)/C(=C/c1cccs1)NC(=O)c1ccccc1. The number of nitrogens with one attached hydrogen (secondary N) is 2. The van der Waals surface area contributed by atoms with Crippen molar-refractivity contribution in [2.24, 2.45) is 0 Å². The van der Waals surface area contributed by atoms with Crippen LogP contribution in [0.5, 0.6) is 0 Å². The zero-order valence-corrected chi connectivity index (χ0v) is 17.5. The van der Waals surface area contributed by atoms with E-state index in [1.807, 2.05) is 41.8 Å². The lowest BCUT2D eigenvalue weighted by Gasteiger charge is -2.11. The van der Waals surface area contributed by atoms with Gasteiger partial charge in [-0.15, -0.1) is 11.3 Å². The molecule has 148 valence electrons. The lowest BCUT2D eigenvalue weighted by atomic mass is 10.2. The third-order valence-corrected chi connectivity index (χ3v) is 5.85. The molecule has 1 aromatic heterocycles. The summed E-state index contributed by atoms with van der Waals surface area (Å²) in [5, 5.41) is 7.58. The van der Waals surface area contributed by atoms with Crippen LogP contribution in [0.3, 0.4) is 0 Å². The van der Waals surface area contributed by atoms with Crippen LogP contribution in [0.25, 0.3) is 6.08 Å². The molecule has 2 amide bonds. The molecule has 0 atom stereocenters. The monoisotopic (exact) mass is 422 g/mol. The Morgan fingerprint density at radius 1 is 0.931 bits per heavy atom. The Balaban J connectivity index is 1.55. The summed E-state index contributed by atoms with van der Waals surface area (Å²) in [6.07, 6.45) is 1.71. The van der Waals surface area contributed by atoms with Crippen molar-refractivity contribution < 1.29 is 9.59 Å². The summed E-state index contributed by atoms with van der Waals surface area (Å²) in [4.78, 5) is 26.1. The number of amides is 2. The van der Waals surface area contributed by atoms with Gasteiger partial charge in [0.05, 0.1) is 0 Å². The second-order valence-electron chi connectivity index (χ2n) is 6.19. The highest BCUT2D eigenvalue weighted by Gasteiger charge is 2.14. The van der Waals surface area contributed by atoms with Gasteiger partial charge < -0.3 is 10.6 Å². The Labute approximate surface area is 179 Å². The van der Waals surface area contributed by atoms with Gasteiger partial charge in [0.2, 0.25) is 0 Å². The zero-order chi connectivity index (χ0) is 20.3. The Kier molecular flexibility index (Phi) is 8.10. The van der Waals surface area contributed by atoms with Crippen molar-refractivity contribution in [2.75, 3.05) is 12.3 Å². The molecular formula is C23H22N2O2S2. The van der Waals surface area contributed by atoms with Gasteiger partial charge in [0.15, 0.2) is 0 Å². The van der Waals surface area contributed by atoms with Crippen LogP contribution >= 0.6 is 23.1 Å². The minimum atomic E-state index is -0.304. The minimum Gasteiger partial charge on any atom is -0.350 e. The van der Waals surface area contributed by atoms with E-state index in [9.17, 15) is 9.59 Å². The minimum absolute atomic E-state index is 0.245. The van der Waals surface area contributed by atoms with Gasteiger partial charge in [-0.1, -0.05) is 54.6 Å². The van der Waals surface area contributed by atoms with Crippen molar-refractivity contribution in [3.8, 4) is 0 Å². The maximum absolute atomic E-state index is 12.7. The lowest BCUT2D eigenvalue weighted by molar-refractivity contribution is -0.117. The maximum atomic E-state index is 12.7. The largest absolute Gasteiger partial charge is 0.350 e. The van der Waals surface area contributed by atoms with Gasteiger partial charge in [0, 0.05) is 28.5 Å². The number of thioether (sulfide) groups is 1. The van der Waals surface area contributed by atoms with E-state index in [2.05, 4.69) is 22.8 Å². The normalized spacial score (nSPS) is 11.1. The molecule has 4 nitrogen and oxygen atoms in total. The number of carbonyl (C=O) groups is 2. The van der Waals surface area contributed by atoms with Crippen molar-refractivity contribution in [2.45, 2.75) is 5.75 Å². The lowest BCUT2D eigenvalue weighted by Crippen LogP contribution is -2.35. The predicted molar refractivity (Wildman–Crippen MR) is 122 cm³/mol. The molecule has 1 heterocycles. The zero-order valence-electron chi connectivity index (χ0n) is 15.8. The molecule has 0 radical (unpaired) electrons. The second kappa shape index (κ2) is 11.2. The highest BCUT2D eigenvalue weighted by atomic mass is 32.2. The smallest absolute Gasteiger partial charge is 0.267 e. The Morgan fingerprint density at radius 2 is 1.66 bits per heavy atom. The standard InChI is InChI=1S/C23H22N2O2S2/c26-22(19-10-5-2-6-11-19)25-21(16-20-12-7-14-29-20)23(27)24-13-15-28-17-18-8-3-1-4-9-18/h1-12,14,16H,13,15,17H2,(H,24,27)(H,25,26)/b21-16-. The van der Waals surface area contributed by atoms with Crippen molar-refractivity contribution in [1.82, 2.24) is 10.6 Å². The second-order valence-corrected chi connectivity index (χ2v) is 8.27. The summed E-state index contributed by atoms with van der Waals surface area (Å²) >= 11 is 3.27. The van der Waals surface area contributed by atoms with Gasteiger partial charge in [0.1, 0.15) is 5.70 Å². The van der Waals surface area contributed by atoms with Crippen molar-refractivity contribution in [3.63, 3.8) is 0 Å². The van der Waals surface area contributed by atoms with E-state index in [1.165, 1.54) is 16.9 Å². The predicted octanol–water partition coefficient (Wildman–Crippen LogP) is 4.57. The Bertz CT molecular complexity index is 940. The molecule has 2 N–H and O–H groups in total. The summed E-state index contributed by atoms with van der Waals surface area (Å²) < 4.78 is 0. The van der Waals surface area contributed by atoms with Crippen molar-refractivity contribution in [3.05, 3.63) is 99.9 Å². The van der Waals surface area contributed by atoms with E-state index >= 15 is 0 Å². The third-order valence-electron chi connectivity index (χ3n) is 4.00. The van der Waals surface area contributed by atoms with Crippen LogP contribution in [0.15, 0.2) is 83.9 Å². The molecule has 0 spiro atoms. The molecular weight excluding hydrogens is 400 g/mol. The van der Waals surface area contributed by atoms with E-state index in [0.29, 0.717) is 12.1 Å². The molecule has 0 aliphatic rings.